The molecule has 0 aliphatic heterocycles. The lowest BCUT2D eigenvalue weighted by atomic mass is 9.89. The molecule has 0 amide bonds. The van der Waals surface area contributed by atoms with Crippen LogP contribution in [0.5, 0.6) is 0 Å². The normalized spacial score (nSPS) is 26.4. The maximum atomic E-state index is 9.92. The van der Waals surface area contributed by atoms with Crippen LogP contribution in [0.15, 0.2) is 0 Å². The fourth-order valence-electron chi connectivity index (χ4n) is 2.45. The van der Waals surface area contributed by atoms with E-state index in [9.17, 15) is 5.11 Å². The molecule has 3 atom stereocenters. The molecule has 0 aromatic rings. The molecule has 114 valence electrons. The van der Waals surface area contributed by atoms with Crippen LogP contribution in [-0.4, -0.2) is 48.0 Å². The summed E-state index contributed by atoms with van der Waals surface area (Å²) in [5, 5.41) is 13.2. The molecule has 0 bridgehead atoms. The molecule has 1 saturated carbocycles. The number of hydrogen-bond acceptors (Lipinski definition) is 4. The molecule has 19 heavy (non-hydrogen) atoms. The highest BCUT2D eigenvalue weighted by atomic mass is 32.2. The Balaban J connectivity index is 2.09. The zero-order valence-corrected chi connectivity index (χ0v) is 13.8. The first kappa shape index (κ1) is 17.3. The van der Waals surface area contributed by atoms with Crippen LogP contribution in [0.25, 0.3) is 0 Å². The van der Waals surface area contributed by atoms with Gasteiger partial charge in [0.2, 0.25) is 0 Å². The number of nitrogens with one attached hydrogen (secondary N) is 1. The van der Waals surface area contributed by atoms with Crippen molar-refractivity contribution in [3.05, 3.63) is 0 Å². The van der Waals surface area contributed by atoms with E-state index in [0.29, 0.717) is 19.3 Å². The van der Waals surface area contributed by atoms with Crippen LogP contribution in [0.2, 0.25) is 0 Å². The van der Waals surface area contributed by atoms with Gasteiger partial charge in [-0.05, 0) is 38.9 Å². The van der Waals surface area contributed by atoms with Crippen molar-refractivity contribution in [3.8, 4) is 0 Å². The van der Waals surface area contributed by atoms with Gasteiger partial charge in [-0.15, -0.1) is 0 Å². The van der Waals surface area contributed by atoms with Crippen LogP contribution in [-0.2, 0) is 4.74 Å². The first-order valence-corrected chi connectivity index (χ1v) is 8.71. The van der Waals surface area contributed by atoms with Gasteiger partial charge in [-0.3, -0.25) is 0 Å². The predicted octanol–water partition coefficient (Wildman–Crippen LogP) is 2.67. The summed E-state index contributed by atoms with van der Waals surface area (Å²) in [5.74, 6) is 0.774. The first-order chi connectivity index (χ1) is 8.93. The van der Waals surface area contributed by atoms with E-state index in [1.54, 1.807) is 0 Å². The smallest absolute Gasteiger partial charge is 0.0897 e. The standard InChI is InChI=1S/C15H31NO2S/c1-12-6-5-7-14(8-12)18-10-13(17)9-16-11-15(2,3)19-4/h12-14,16-17H,5-11H2,1-4H3. The van der Waals surface area contributed by atoms with Crippen molar-refractivity contribution in [2.45, 2.75) is 63.4 Å². The van der Waals surface area contributed by atoms with Crippen LogP contribution >= 0.6 is 11.8 Å². The Kier molecular flexibility index (Phi) is 7.73. The molecule has 0 aromatic heterocycles. The zero-order valence-electron chi connectivity index (χ0n) is 12.9. The van der Waals surface area contributed by atoms with Crippen molar-refractivity contribution in [1.29, 1.82) is 0 Å². The summed E-state index contributed by atoms with van der Waals surface area (Å²) in [4.78, 5) is 0. The van der Waals surface area contributed by atoms with Crippen LogP contribution in [0.3, 0.4) is 0 Å². The molecule has 4 heteroatoms. The summed E-state index contributed by atoms with van der Waals surface area (Å²) < 4.78 is 6.05. The summed E-state index contributed by atoms with van der Waals surface area (Å²) in [6, 6.07) is 0. The Labute approximate surface area is 122 Å². The van der Waals surface area contributed by atoms with Gasteiger partial charge in [-0.1, -0.05) is 19.8 Å². The minimum Gasteiger partial charge on any atom is -0.389 e. The number of ether oxygens (including phenoxy) is 1. The van der Waals surface area contributed by atoms with E-state index in [2.05, 4.69) is 32.3 Å². The lowest BCUT2D eigenvalue weighted by Gasteiger charge is -2.28. The molecule has 1 aliphatic rings. The average Bonchev–Trinajstić information content (AvgIpc) is 2.36. The molecule has 0 heterocycles. The third-order valence-electron chi connectivity index (χ3n) is 3.90. The quantitative estimate of drug-likeness (QED) is 0.721. The van der Waals surface area contributed by atoms with E-state index in [-0.39, 0.29) is 4.75 Å². The zero-order chi connectivity index (χ0) is 14.3. The fourth-order valence-corrected chi connectivity index (χ4v) is 2.69. The second-order valence-electron chi connectivity index (χ2n) is 6.48. The molecule has 1 rings (SSSR count). The Morgan fingerprint density at radius 2 is 2.16 bits per heavy atom. The molecule has 0 aromatic carbocycles. The second kappa shape index (κ2) is 8.50. The molecular weight excluding hydrogens is 258 g/mol. The largest absolute Gasteiger partial charge is 0.389 e. The van der Waals surface area contributed by atoms with Gasteiger partial charge in [0, 0.05) is 17.8 Å². The SMILES string of the molecule is CSC(C)(C)CNCC(O)COC1CCCC(C)C1. The number of hydrogen-bond donors (Lipinski definition) is 2. The van der Waals surface area contributed by atoms with Crippen molar-refractivity contribution < 1.29 is 9.84 Å². The van der Waals surface area contributed by atoms with Crippen molar-refractivity contribution in [3.63, 3.8) is 0 Å². The van der Waals surface area contributed by atoms with Crippen LogP contribution in [0, 0.1) is 5.92 Å². The summed E-state index contributed by atoms with van der Waals surface area (Å²) >= 11 is 1.84. The van der Waals surface area contributed by atoms with E-state index in [1.807, 2.05) is 11.8 Å². The third kappa shape index (κ3) is 7.54. The van der Waals surface area contributed by atoms with Crippen molar-refractivity contribution in [2.24, 2.45) is 5.92 Å². The monoisotopic (exact) mass is 289 g/mol. The number of aliphatic hydroxyl groups is 1. The van der Waals surface area contributed by atoms with Crippen LogP contribution in [0.1, 0.15) is 46.5 Å². The van der Waals surface area contributed by atoms with Gasteiger partial charge in [0.15, 0.2) is 0 Å². The molecule has 3 nitrogen and oxygen atoms in total. The lowest BCUT2D eigenvalue weighted by Crippen LogP contribution is -2.38. The topological polar surface area (TPSA) is 41.5 Å². The molecule has 0 radical (unpaired) electrons. The van der Waals surface area contributed by atoms with Gasteiger partial charge in [-0.25, -0.2) is 0 Å². The number of rotatable bonds is 8. The molecule has 1 fully saturated rings. The van der Waals surface area contributed by atoms with Gasteiger partial charge in [0.1, 0.15) is 0 Å². The number of aliphatic hydroxyl groups excluding tert-OH is 1. The Morgan fingerprint density at radius 3 is 2.79 bits per heavy atom. The Hall–Kier alpha value is 0.230. The first-order valence-electron chi connectivity index (χ1n) is 7.48. The molecule has 2 N–H and O–H groups in total. The fraction of sp³-hybridized carbons (Fsp3) is 1.00. The minimum absolute atomic E-state index is 0.222. The molecule has 3 unspecified atom stereocenters. The van der Waals surface area contributed by atoms with Crippen LogP contribution in [0.4, 0.5) is 0 Å². The molecular formula is C15H31NO2S. The van der Waals surface area contributed by atoms with E-state index in [0.717, 1.165) is 25.3 Å². The average molecular weight is 289 g/mol. The maximum Gasteiger partial charge on any atom is 0.0897 e. The predicted molar refractivity (Wildman–Crippen MR) is 83.8 cm³/mol. The van der Waals surface area contributed by atoms with E-state index in [4.69, 9.17) is 4.74 Å². The third-order valence-corrected chi connectivity index (χ3v) is 5.15. The summed E-state index contributed by atoms with van der Waals surface area (Å²) in [7, 11) is 0. The summed E-state index contributed by atoms with van der Waals surface area (Å²) in [6.07, 6.45) is 6.99. The van der Waals surface area contributed by atoms with Crippen LogP contribution < -0.4 is 5.32 Å². The highest BCUT2D eigenvalue weighted by Gasteiger charge is 2.20. The van der Waals surface area contributed by atoms with Gasteiger partial charge in [0.25, 0.3) is 0 Å². The van der Waals surface area contributed by atoms with E-state index < -0.39 is 6.10 Å². The molecule has 0 spiro atoms. The van der Waals surface area contributed by atoms with Gasteiger partial charge in [0.05, 0.1) is 18.8 Å². The van der Waals surface area contributed by atoms with Crippen molar-refractivity contribution in [1.82, 2.24) is 5.32 Å². The number of thioether (sulfide) groups is 1. The van der Waals surface area contributed by atoms with Crippen molar-refractivity contribution >= 4 is 11.8 Å². The van der Waals surface area contributed by atoms with Crippen molar-refractivity contribution in [2.75, 3.05) is 26.0 Å². The molecule has 0 saturated heterocycles. The highest BCUT2D eigenvalue weighted by Crippen LogP contribution is 2.25. The maximum absolute atomic E-state index is 9.92. The Bertz CT molecular complexity index is 248. The summed E-state index contributed by atoms with van der Waals surface area (Å²) in [5.41, 5.74) is 0. The highest BCUT2D eigenvalue weighted by molar-refractivity contribution is 7.99. The van der Waals surface area contributed by atoms with Gasteiger partial charge >= 0.3 is 0 Å². The van der Waals surface area contributed by atoms with E-state index in [1.165, 1.54) is 12.8 Å². The lowest BCUT2D eigenvalue weighted by molar-refractivity contribution is -0.0306. The van der Waals surface area contributed by atoms with Gasteiger partial charge in [-0.2, -0.15) is 11.8 Å². The van der Waals surface area contributed by atoms with E-state index >= 15 is 0 Å². The Morgan fingerprint density at radius 1 is 1.42 bits per heavy atom. The molecule has 1 aliphatic carbocycles. The second-order valence-corrected chi connectivity index (χ2v) is 7.99. The van der Waals surface area contributed by atoms with Gasteiger partial charge < -0.3 is 15.2 Å². The summed E-state index contributed by atoms with van der Waals surface area (Å²) in [6.45, 7) is 8.69. The minimum atomic E-state index is -0.394.